The average molecular weight is 371 g/mol. The van der Waals surface area contributed by atoms with Crippen LogP contribution in [0.3, 0.4) is 0 Å². The highest BCUT2D eigenvalue weighted by atomic mass is 28.4. The van der Waals surface area contributed by atoms with E-state index in [9.17, 15) is 9.59 Å². The van der Waals surface area contributed by atoms with E-state index in [-0.39, 0.29) is 23.1 Å². The Morgan fingerprint density at radius 3 is 1.64 bits per heavy atom. The van der Waals surface area contributed by atoms with Crippen LogP contribution in [0.5, 0.6) is 0 Å². The maximum Gasteiger partial charge on any atom is 0.330 e. The van der Waals surface area contributed by atoms with Crippen molar-refractivity contribution in [3.8, 4) is 0 Å². The fourth-order valence-electron chi connectivity index (χ4n) is 1.80. The second-order valence-corrected chi connectivity index (χ2v) is 12.0. The molecule has 5 nitrogen and oxygen atoms in total. The van der Waals surface area contributed by atoms with Gasteiger partial charge >= 0.3 is 11.9 Å². The van der Waals surface area contributed by atoms with E-state index in [1.165, 1.54) is 12.2 Å². The number of hydrogen-bond acceptors (Lipinski definition) is 5. The molecule has 0 unspecified atom stereocenters. The molecule has 0 atom stereocenters. The fourth-order valence-corrected chi connectivity index (χ4v) is 3.18. The van der Waals surface area contributed by atoms with E-state index in [2.05, 4.69) is 33.9 Å². The summed E-state index contributed by atoms with van der Waals surface area (Å²) in [6.07, 6.45) is 7.47. The molecule has 25 heavy (non-hydrogen) atoms. The molecule has 0 saturated heterocycles. The van der Waals surface area contributed by atoms with Crippen molar-refractivity contribution in [3.63, 3.8) is 0 Å². The summed E-state index contributed by atoms with van der Waals surface area (Å²) in [5, 5.41) is 0.0843. The maximum atomic E-state index is 11.4. The van der Waals surface area contributed by atoms with Crippen LogP contribution in [-0.4, -0.2) is 39.6 Å². The molecule has 0 N–H and O–H groups in total. The first-order valence-corrected chi connectivity index (χ1v) is 11.8. The summed E-state index contributed by atoms with van der Waals surface area (Å²) in [4.78, 5) is 22.9. The minimum Gasteiger partial charge on any atom is -0.463 e. The molecule has 0 aromatic carbocycles. The summed E-state index contributed by atoms with van der Waals surface area (Å²) >= 11 is 0. The van der Waals surface area contributed by atoms with Crippen molar-refractivity contribution in [2.45, 2.75) is 71.7 Å². The van der Waals surface area contributed by atoms with Crippen molar-refractivity contribution < 1.29 is 23.5 Å². The van der Waals surface area contributed by atoms with E-state index in [0.29, 0.717) is 26.1 Å². The van der Waals surface area contributed by atoms with Crippen LogP contribution < -0.4 is 0 Å². The van der Waals surface area contributed by atoms with Gasteiger partial charge in [0.15, 0.2) is 8.32 Å². The van der Waals surface area contributed by atoms with Crippen molar-refractivity contribution in [1.82, 2.24) is 0 Å². The standard InChI is InChI=1S/C19H34O5Si/c1-8-22-17(20)14-10-12-16(13-11-15-18(21)23-9-2)24-25(6,7)19(3,4)5/h10-11,14-16H,8-9,12-13H2,1-7H3/b14-10-,15-11-. The molecule has 0 bridgehead atoms. The molecule has 0 rings (SSSR count). The summed E-state index contributed by atoms with van der Waals surface area (Å²) in [5.74, 6) is -0.703. The summed E-state index contributed by atoms with van der Waals surface area (Å²) in [5.41, 5.74) is 0. The Hall–Kier alpha value is -1.40. The molecule has 0 saturated carbocycles. The molecular formula is C19H34O5Si. The van der Waals surface area contributed by atoms with E-state index < -0.39 is 8.32 Å². The van der Waals surface area contributed by atoms with Gasteiger partial charge in [0.25, 0.3) is 0 Å². The molecule has 0 spiro atoms. The van der Waals surface area contributed by atoms with Crippen molar-refractivity contribution in [1.29, 1.82) is 0 Å². The topological polar surface area (TPSA) is 61.8 Å². The monoisotopic (exact) mass is 370 g/mol. The van der Waals surface area contributed by atoms with E-state index in [0.717, 1.165) is 0 Å². The Balaban J connectivity index is 4.93. The first-order chi connectivity index (χ1) is 11.5. The molecule has 0 fully saturated rings. The highest BCUT2D eigenvalue weighted by Gasteiger charge is 2.38. The largest absolute Gasteiger partial charge is 0.463 e. The van der Waals surface area contributed by atoms with Gasteiger partial charge in [-0.3, -0.25) is 0 Å². The molecular weight excluding hydrogens is 336 g/mol. The summed E-state index contributed by atoms with van der Waals surface area (Å²) in [7, 11) is -1.95. The predicted molar refractivity (Wildman–Crippen MR) is 103 cm³/mol. The summed E-state index contributed by atoms with van der Waals surface area (Å²) < 4.78 is 16.2. The quantitative estimate of drug-likeness (QED) is 0.324. The van der Waals surface area contributed by atoms with E-state index in [4.69, 9.17) is 13.9 Å². The van der Waals surface area contributed by atoms with Crippen LogP contribution in [0.25, 0.3) is 0 Å². The zero-order chi connectivity index (χ0) is 19.5. The number of esters is 2. The zero-order valence-electron chi connectivity index (χ0n) is 16.8. The van der Waals surface area contributed by atoms with Crippen molar-refractivity contribution in [3.05, 3.63) is 24.3 Å². The van der Waals surface area contributed by atoms with Crippen LogP contribution in [0.2, 0.25) is 18.1 Å². The van der Waals surface area contributed by atoms with Crippen LogP contribution in [0, 0.1) is 0 Å². The van der Waals surface area contributed by atoms with Gasteiger partial charge in [-0.1, -0.05) is 32.9 Å². The Kier molecular flexibility index (Phi) is 10.6. The van der Waals surface area contributed by atoms with Gasteiger partial charge in [0.1, 0.15) is 0 Å². The third-order valence-corrected chi connectivity index (χ3v) is 8.68. The molecule has 6 heteroatoms. The third kappa shape index (κ3) is 10.2. The second-order valence-electron chi connectivity index (χ2n) is 7.28. The lowest BCUT2D eigenvalue weighted by Gasteiger charge is -2.39. The minimum atomic E-state index is -1.95. The first kappa shape index (κ1) is 23.6. The normalized spacial score (nSPS) is 13.0. The molecule has 0 aliphatic rings. The van der Waals surface area contributed by atoms with Crippen LogP contribution in [0.1, 0.15) is 47.5 Å². The number of carbonyl (C=O) groups is 2. The van der Waals surface area contributed by atoms with Gasteiger partial charge in [0, 0.05) is 12.2 Å². The Bertz CT molecular complexity index is 445. The van der Waals surface area contributed by atoms with Crippen LogP contribution in [0.15, 0.2) is 24.3 Å². The summed E-state index contributed by atoms with van der Waals surface area (Å²) in [6, 6.07) is 0. The second kappa shape index (κ2) is 11.3. The smallest absolute Gasteiger partial charge is 0.330 e. The van der Waals surface area contributed by atoms with E-state index >= 15 is 0 Å². The van der Waals surface area contributed by atoms with Gasteiger partial charge in [-0.15, -0.1) is 0 Å². The van der Waals surface area contributed by atoms with Gasteiger partial charge in [0.2, 0.25) is 0 Å². The zero-order valence-corrected chi connectivity index (χ0v) is 17.8. The summed E-state index contributed by atoms with van der Waals surface area (Å²) in [6.45, 7) is 15.2. The lowest BCUT2D eigenvalue weighted by molar-refractivity contribution is -0.138. The van der Waals surface area contributed by atoms with Gasteiger partial charge in [-0.05, 0) is 44.8 Å². The van der Waals surface area contributed by atoms with E-state index in [1.807, 2.05) is 0 Å². The number of ether oxygens (including phenoxy) is 2. The molecule has 0 aromatic heterocycles. The Labute approximate surface area is 153 Å². The van der Waals surface area contributed by atoms with Gasteiger partial charge in [0.05, 0.1) is 19.3 Å². The molecule has 0 aliphatic carbocycles. The Morgan fingerprint density at radius 2 is 1.32 bits per heavy atom. The number of hydrogen-bond donors (Lipinski definition) is 0. The van der Waals surface area contributed by atoms with Crippen LogP contribution in [0.4, 0.5) is 0 Å². The van der Waals surface area contributed by atoms with Gasteiger partial charge < -0.3 is 13.9 Å². The highest BCUT2D eigenvalue weighted by Crippen LogP contribution is 2.38. The third-order valence-electron chi connectivity index (χ3n) is 4.15. The van der Waals surface area contributed by atoms with Crippen molar-refractivity contribution in [2.75, 3.05) is 13.2 Å². The maximum absolute atomic E-state index is 11.4. The van der Waals surface area contributed by atoms with Gasteiger partial charge in [-0.2, -0.15) is 0 Å². The molecule has 0 heterocycles. The number of carbonyl (C=O) groups excluding carboxylic acids is 2. The molecule has 0 amide bonds. The van der Waals surface area contributed by atoms with E-state index in [1.54, 1.807) is 26.0 Å². The Morgan fingerprint density at radius 1 is 0.920 bits per heavy atom. The van der Waals surface area contributed by atoms with Crippen LogP contribution in [-0.2, 0) is 23.5 Å². The molecule has 144 valence electrons. The van der Waals surface area contributed by atoms with Crippen LogP contribution >= 0.6 is 0 Å². The van der Waals surface area contributed by atoms with Crippen molar-refractivity contribution in [2.24, 2.45) is 0 Å². The minimum absolute atomic E-state index is 0.0843. The lowest BCUT2D eigenvalue weighted by Crippen LogP contribution is -2.43. The first-order valence-electron chi connectivity index (χ1n) is 8.87. The molecule has 0 aromatic rings. The molecule has 0 radical (unpaired) electrons. The average Bonchev–Trinajstić information content (AvgIpc) is 2.46. The van der Waals surface area contributed by atoms with Crippen molar-refractivity contribution >= 4 is 20.3 Å². The number of rotatable bonds is 10. The van der Waals surface area contributed by atoms with Gasteiger partial charge in [-0.25, -0.2) is 9.59 Å². The lowest BCUT2D eigenvalue weighted by atomic mass is 10.1. The predicted octanol–water partition coefficient (Wildman–Crippen LogP) is 4.40. The fraction of sp³-hybridized carbons (Fsp3) is 0.684. The SMILES string of the molecule is CCOC(=O)/C=C\CC(C/C=C\C(=O)OCC)O[Si](C)(C)C(C)(C)C. The highest BCUT2D eigenvalue weighted by molar-refractivity contribution is 6.74. The molecule has 0 aliphatic heterocycles.